The van der Waals surface area contributed by atoms with E-state index in [1.165, 1.54) is 18.6 Å². The summed E-state index contributed by atoms with van der Waals surface area (Å²) in [6, 6.07) is 17.7. The van der Waals surface area contributed by atoms with E-state index in [-0.39, 0.29) is 23.9 Å². The fourth-order valence-electron chi connectivity index (χ4n) is 2.80. The molecule has 0 saturated carbocycles. The summed E-state index contributed by atoms with van der Waals surface area (Å²) in [6.45, 7) is 3.30. The third kappa shape index (κ3) is 5.38. The Morgan fingerprint density at radius 2 is 1.52 bits per heavy atom. The molecular weight excluding hydrogens is 368 g/mol. The second kappa shape index (κ2) is 8.97. The van der Waals surface area contributed by atoms with Crippen LogP contribution in [-0.4, -0.2) is 21.6 Å². The molecule has 1 aromatic heterocycles. The third-order valence-corrected chi connectivity index (χ3v) is 4.31. The molecule has 0 aliphatic heterocycles. The third-order valence-electron chi connectivity index (χ3n) is 4.31. The van der Waals surface area contributed by atoms with Gasteiger partial charge in [0, 0.05) is 29.9 Å². The first-order valence-electron chi connectivity index (χ1n) is 9.29. The minimum Gasteiger partial charge on any atom is -0.326 e. The minimum atomic E-state index is -0.370. The van der Waals surface area contributed by atoms with Crippen molar-refractivity contribution in [2.45, 2.75) is 26.8 Å². The summed E-state index contributed by atoms with van der Waals surface area (Å²) < 4.78 is 1.14. The molecule has 2 amide bonds. The average Bonchev–Trinajstić information content (AvgIpc) is 2.71. The molecule has 7 heteroatoms. The van der Waals surface area contributed by atoms with Gasteiger partial charge < -0.3 is 10.6 Å². The van der Waals surface area contributed by atoms with Crippen molar-refractivity contribution in [3.63, 3.8) is 0 Å². The van der Waals surface area contributed by atoms with Crippen molar-refractivity contribution in [3.8, 4) is 11.3 Å². The zero-order valence-corrected chi connectivity index (χ0v) is 16.3. The monoisotopic (exact) mass is 390 g/mol. The predicted molar refractivity (Wildman–Crippen MR) is 113 cm³/mol. The van der Waals surface area contributed by atoms with Crippen molar-refractivity contribution >= 4 is 23.2 Å². The number of hydrogen-bond donors (Lipinski definition) is 2. The van der Waals surface area contributed by atoms with E-state index in [0.29, 0.717) is 17.1 Å². The quantitative estimate of drug-likeness (QED) is 0.676. The van der Waals surface area contributed by atoms with Crippen LogP contribution in [0.25, 0.3) is 11.3 Å². The van der Waals surface area contributed by atoms with Crippen molar-refractivity contribution < 1.29 is 9.59 Å². The Morgan fingerprint density at radius 3 is 2.10 bits per heavy atom. The van der Waals surface area contributed by atoms with Crippen LogP contribution in [0.3, 0.4) is 0 Å². The number of aryl methyl sites for hydroxylation is 1. The van der Waals surface area contributed by atoms with Gasteiger partial charge in [-0.15, -0.1) is 0 Å². The first-order valence-corrected chi connectivity index (χ1v) is 9.29. The van der Waals surface area contributed by atoms with Gasteiger partial charge in [-0.3, -0.25) is 14.4 Å². The molecule has 1 heterocycles. The highest BCUT2D eigenvalue weighted by Crippen LogP contribution is 2.17. The van der Waals surface area contributed by atoms with Crippen LogP contribution in [-0.2, 0) is 22.6 Å². The van der Waals surface area contributed by atoms with E-state index >= 15 is 0 Å². The van der Waals surface area contributed by atoms with Gasteiger partial charge in [0.1, 0.15) is 6.54 Å². The number of hydrogen-bond acceptors (Lipinski definition) is 4. The van der Waals surface area contributed by atoms with Gasteiger partial charge >= 0.3 is 0 Å². The molecule has 0 saturated heterocycles. The number of nitrogens with zero attached hydrogens (tertiary/aromatic N) is 2. The van der Waals surface area contributed by atoms with Crippen LogP contribution in [0.2, 0.25) is 0 Å². The van der Waals surface area contributed by atoms with Crippen molar-refractivity contribution in [1.29, 1.82) is 0 Å². The Balaban J connectivity index is 1.71. The lowest BCUT2D eigenvalue weighted by molar-refractivity contribution is -0.117. The summed E-state index contributed by atoms with van der Waals surface area (Å²) in [5, 5.41) is 9.70. The van der Waals surface area contributed by atoms with Gasteiger partial charge in [-0.1, -0.05) is 31.2 Å². The topological polar surface area (TPSA) is 93.1 Å². The molecular formula is C22H22N4O3. The van der Waals surface area contributed by atoms with Crippen LogP contribution in [0.5, 0.6) is 0 Å². The molecule has 0 aliphatic rings. The number of aromatic nitrogens is 2. The fourth-order valence-corrected chi connectivity index (χ4v) is 2.80. The van der Waals surface area contributed by atoms with Crippen LogP contribution >= 0.6 is 0 Å². The lowest BCUT2D eigenvalue weighted by Gasteiger charge is -2.09. The van der Waals surface area contributed by atoms with Crippen molar-refractivity contribution in [1.82, 2.24) is 9.78 Å². The van der Waals surface area contributed by atoms with E-state index in [0.717, 1.165) is 16.7 Å². The summed E-state index contributed by atoms with van der Waals surface area (Å²) in [7, 11) is 0. The molecule has 3 rings (SSSR count). The van der Waals surface area contributed by atoms with E-state index in [1.807, 2.05) is 24.3 Å². The van der Waals surface area contributed by atoms with Gasteiger partial charge in [-0.25, -0.2) is 4.68 Å². The molecule has 0 spiro atoms. The smallest absolute Gasteiger partial charge is 0.267 e. The molecule has 0 fully saturated rings. The number of nitrogens with one attached hydrogen (secondary N) is 2. The normalized spacial score (nSPS) is 10.4. The van der Waals surface area contributed by atoms with Gasteiger partial charge in [0.05, 0.1) is 5.69 Å². The number of carbonyl (C=O) groups excluding carboxylic acids is 2. The summed E-state index contributed by atoms with van der Waals surface area (Å²) in [6.07, 6.45) is 0.944. The SMILES string of the molecule is CCc1ccc(-c2ccc(=O)n(CC(=O)Nc3ccc(NC(C)=O)cc3)n2)cc1. The Kier molecular flexibility index (Phi) is 6.19. The molecule has 0 aliphatic carbocycles. The highest BCUT2D eigenvalue weighted by molar-refractivity contribution is 5.92. The Morgan fingerprint density at radius 1 is 0.897 bits per heavy atom. The van der Waals surface area contributed by atoms with Crippen LogP contribution in [0.15, 0.2) is 65.5 Å². The molecule has 29 heavy (non-hydrogen) atoms. The first kappa shape index (κ1) is 20.0. The minimum absolute atomic E-state index is 0.170. The molecule has 0 atom stereocenters. The van der Waals surface area contributed by atoms with E-state index in [4.69, 9.17) is 0 Å². The van der Waals surface area contributed by atoms with Gasteiger partial charge in [0.2, 0.25) is 11.8 Å². The Hall–Kier alpha value is -3.74. The zero-order chi connectivity index (χ0) is 20.8. The molecule has 3 aromatic rings. The number of amides is 2. The second-order valence-electron chi connectivity index (χ2n) is 6.57. The van der Waals surface area contributed by atoms with E-state index in [2.05, 4.69) is 22.7 Å². The molecule has 2 N–H and O–H groups in total. The average molecular weight is 390 g/mol. The number of benzene rings is 2. The van der Waals surface area contributed by atoms with Crippen molar-refractivity contribution in [3.05, 3.63) is 76.6 Å². The van der Waals surface area contributed by atoms with Crippen LogP contribution < -0.4 is 16.2 Å². The Bertz CT molecular complexity index is 1070. The van der Waals surface area contributed by atoms with Crippen LogP contribution in [0.4, 0.5) is 11.4 Å². The lowest BCUT2D eigenvalue weighted by atomic mass is 10.1. The molecule has 0 bridgehead atoms. The van der Waals surface area contributed by atoms with E-state index in [9.17, 15) is 14.4 Å². The summed E-state index contributed by atoms with van der Waals surface area (Å²) in [5.41, 5.74) is 3.56. The highest BCUT2D eigenvalue weighted by Gasteiger charge is 2.09. The van der Waals surface area contributed by atoms with Crippen LogP contribution in [0.1, 0.15) is 19.4 Å². The maximum Gasteiger partial charge on any atom is 0.267 e. The Labute approximate surface area is 168 Å². The maximum atomic E-state index is 12.3. The van der Waals surface area contributed by atoms with Crippen molar-refractivity contribution in [2.24, 2.45) is 0 Å². The highest BCUT2D eigenvalue weighted by atomic mass is 16.2. The molecule has 0 unspecified atom stereocenters. The summed E-state index contributed by atoms with van der Waals surface area (Å²) in [5.74, 6) is -0.540. The van der Waals surface area contributed by atoms with Gasteiger partial charge in [0.15, 0.2) is 0 Å². The molecule has 0 radical (unpaired) electrons. The predicted octanol–water partition coefficient (Wildman–Crippen LogP) is 3.07. The van der Waals surface area contributed by atoms with Gasteiger partial charge in [-0.2, -0.15) is 5.10 Å². The van der Waals surface area contributed by atoms with Gasteiger partial charge in [0.25, 0.3) is 5.56 Å². The number of anilines is 2. The second-order valence-corrected chi connectivity index (χ2v) is 6.57. The fraction of sp³-hybridized carbons (Fsp3) is 0.182. The molecule has 148 valence electrons. The van der Waals surface area contributed by atoms with Crippen LogP contribution in [0, 0.1) is 0 Å². The summed E-state index contributed by atoms with van der Waals surface area (Å²) in [4.78, 5) is 35.5. The standard InChI is InChI=1S/C22H22N4O3/c1-3-16-4-6-17(7-5-16)20-12-13-22(29)26(25-20)14-21(28)24-19-10-8-18(9-11-19)23-15(2)27/h4-13H,3,14H2,1-2H3,(H,23,27)(H,24,28). The van der Waals surface area contributed by atoms with Gasteiger partial charge in [-0.05, 0) is 42.3 Å². The zero-order valence-electron chi connectivity index (χ0n) is 16.3. The van der Waals surface area contributed by atoms with E-state index < -0.39 is 0 Å². The molecule has 7 nitrogen and oxygen atoms in total. The number of carbonyl (C=O) groups is 2. The largest absolute Gasteiger partial charge is 0.326 e. The van der Waals surface area contributed by atoms with Crippen molar-refractivity contribution in [2.75, 3.05) is 10.6 Å². The van der Waals surface area contributed by atoms with E-state index in [1.54, 1.807) is 30.3 Å². The lowest BCUT2D eigenvalue weighted by Crippen LogP contribution is -2.29. The summed E-state index contributed by atoms with van der Waals surface area (Å²) >= 11 is 0. The maximum absolute atomic E-state index is 12.3. The first-order chi connectivity index (χ1) is 13.9. The molecule has 2 aromatic carbocycles. The number of rotatable bonds is 6.